The lowest BCUT2D eigenvalue weighted by molar-refractivity contribution is -0.113. The van der Waals surface area contributed by atoms with Crippen molar-refractivity contribution in [2.75, 3.05) is 25.3 Å². The van der Waals surface area contributed by atoms with Crippen molar-refractivity contribution in [3.8, 4) is 11.5 Å². The summed E-state index contributed by atoms with van der Waals surface area (Å²) in [4.78, 5) is 12.1. The van der Waals surface area contributed by atoms with Crippen LogP contribution in [0.5, 0.6) is 11.5 Å². The van der Waals surface area contributed by atoms with Crippen molar-refractivity contribution in [1.29, 1.82) is 0 Å². The first-order valence-corrected chi connectivity index (χ1v) is 8.58. The molecule has 2 rings (SSSR count). The molecule has 0 spiro atoms. The van der Waals surface area contributed by atoms with Crippen LogP contribution in [0.15, 0.2) is 36.4 Å². The van der Waals surface area contributed by atoms with Crippen LogP contribution in [0.1, 0.15) is 17.7 Å². The van der Waals surface area contributed by atoms with E-state index >= 15 is 0 Å². The molecule has 4 nitrogen and oxygen atoms in total. The summed E-state index contributed by atoms with van der Waals surface area (Å²) in [6, 6.07) is 8.74. The molecular weight excluding hydrogens is 348 g/mol. The maximum atomic E-state index is 13.8. The Morgan fingerprint density at radius 1 is 1.16 bits per heavy atom. The van der Waals surface area contributed by atoms with E-state index in [4.69, 9.17) is 9.47 Å². The van der Waals surface area contributed by atoms with Gasteiger partial charge in [0.2, 0.25) is 5.91 Å². The van der Waals surface area contributed by atoms with Crippen LogP contribution in [-0.2, 0) is 4.79 Å². The summed E-state index contributed by atoms with van der Waals surface area (Å²) in [7, 11) is 3.02. The van der Waals surface area contributed by atoms with Gasteiger partial charge in [0.25, 0.3) is 0 Å². The fourth-order valence-electron chi connectivity index (χ4n) is 2.27. The highest BCUT2D eigenvalue weighted by Crippen LogP contribution is 2.33. The van der Waals surface area contributed by atoms with E-state index in [-0.39, 0.29) is 17.2 Å². The third-order valence-electron chi connectivity index (χ3n) is 3.55. The third kappa shape index (κ3) is 4.85. The standard InChI is InChI=1S/C18H19F2NO3S/c1-11(18-13(19)5-4-6-14(18)20)25-10-17(22)21-15-8-7-12(23-2)9-16(15)24-3/h4-9,11H,10H2,1-3H3,(H,21,22). The van der Waals surface area contributed by atoms with Crippen molar-refractivity contribution in [1.82, 2.24) is 0 Å². The molecule has 0 saturated carbocycles. The highest BCUT2D eigenvalue weighted by molar-refractivity contribution is 8.00. The highest BCUT2D eigenvalue weighted by atomic mass is 32.2. The number of amides is 1. The Labute approximate surface area is 149 Å². The first-order valence-electron chi connectivity index (χ1n) is 7.53. The summed E-state index contributed by atoms with van der Waals surface area (Å²) in [6.07, 6.45) is 0. The molecule has 7 heteroatoms. The molecule has 2 aromatic carbocycles. The molecular formula is C18H19F2NO3S. The summed E-state index contributed by atoms with van der Waals surface area (Å²) >= 11 is 1.15. The molecule has 0 aliphatic carbocycles. The van der Waals surface area contributed by atoms with Crippen LogP contribution in [-0.4, -0.2) is 25.9 Å². The maximum Gasteiger partial charge on any atom is 0.234 e. The maximum absolute atomic E-state index is 13.8. The average Bonchev–Trinajstić information content (AvgIpc) is 2.60. The van der Waals surface area contributed by atoms with Crippen LogP contribution in [0.4, 0.5) is 14.5 Å². The smallest absolute Gasteiger partial charge is 0.234 e. The number of benzene rings is 2. The lowest BCUT2D eigenvalue weighted by Gasteiger charge is -2.14. The Balaban J connectivity index is 1.99. The molecule has 0 aliphatic rings. The molecule has 2 aromatic rings. The first kappa shape index (κ1) is 19.1. The third-order valence-corrected chi connectivity index (χ3v) is 4.72. The highest BCUT2D eigenvalue weighted by Gasteiger charge is 2.18. The second-order valence-corrected chi connectivity index (χ2v) is 6.53. The Morgan fingerprint density at radius 2 is 1.84 bits per heavy atom. The minimum Gasteiger partial charge on any atom is -0.497 e. The second kappa shape index (κ2) is 8.71. The number of ether oxygens (including phenoxy) is 2. The summed E-state index contributed by atoms with van der Waals surface area (Å²) in [6.45, 7) is 1.66. The SMILES string of the molecule is COc1ccc(NC(=O)CSC(C)c2c(F)cccc2F)c(OC)c1. The molecule has 0 aromatic heterocycles. The molecule has 1 amide bonds. The number of anilines is 1. The van der Waals surface area contributed by atoms with Crippen LogP contribution in [0.2, 0.25) is 0 Å². The number of hydrogen-bond donors (Lipinski definition) is 1. The number of rotatable bonds is 7. The molecule has 1 atom stereocenters. The van der Waals surface area contributed by atoms with Crippen molar-refractivity contribution >= 4 is 23.4 Å². The van der Waals surface area contributed by atoms with E-state index in [1.807, 2.05) is 0 Å². The Morgan fingerprint density at radius 3 is 2.44 bits per heavy atom. The van der Waals surface area contributed by atoms with Gasteiger partial charge < -0.3 is 14.8 Å². The van der Waals surface area contributed by atoms with Gasteiger partial charge in [-0.25, -0.2) is 8.78 Å². The van der Waals surface area contributed by atoms with Gasteiger partial charge >= 0.3 is 0 Å². The number of thioether (sulfide) groups is 1. The summed E-state index contributed by atoms with van der Waals surface area (Å²) < 4.78 is 37.8. The zero-order chi connectivity index (χ0) is 18.4. The summed E-state index contributed by atoms with van der Waals surface area (Å²) in [5.74, 6) is -0.408. The van der Waals surface area contributed by atoms with E-state index in [2.05, 4.69) is 5.32 Å². The molecule has 25 heavy (non-hydrogen) atoms. The zero-order valence-corrected chi connectivity index (χ0v) is 15.0. The van der Waals surface area contributed by atoms with Crippen LogP contribution < -0.4 is 14.8 Å². The molecule has 0 heterocycles. The predicted molar refractivity (Wildman–Crippen MR) is 95.4 cm³/mol. The van der Waals surface area contributed by atoms with Crippen molar-refractivity contribution in [3.05, 3.63) is 53.6 Å². The number of carbonyl (C=O) groups excluding carboxylic acids is 1. The molecule has 0 aliphatic heterocycles. The fraction of sp³-hybridized carbons (Fsp3) is 0.278. The van der Waals surface area contributed by atoms with Gasteiger partial charge in [0.05, 0.1) is 25.7 Å². The molecule has 134 valence electrons. The monoisotopic (exact) mass is 367 g/mol. The molecule has 0 fully saturated rings. The van der Waals surface area contributed by atoms with Crippen molar-refractivity contribution in [2.45, 2.75) is 12.2 Å². The number of methoxy groups -OCH3 is 2. The molecule has 0 saturated heterocycles. The summed E-state index contributed by atoms with van der Waals surface area (Å²) in [5, 5.41) is 2.23. The molecule has 1 N–H and O–H groups in total. The fourth-order valence-corrected chi connectivity index (χ4v) is 3.14. The van der Waals surface area contributed by atoms with Gasteiger partial charge in [0.1, 0.15) is 23.1 Å². The van der Waals surface area contributed by atoms with E-state index in [0.29, 0.717) is 17.2 Å². The zero-order valence-electron chi connectivity index (χ0n) is 14.1. The lowest BCUT2D eigenvalue weighted by Crippen LogP contribution is -2.15. The van der Waals surface area contributed by atoms with Gasteiger partial charge in [-0.1, -0.05) is 6.07 Å². The molecule has 0 bridgehead atoms. The van der Waals surface area contributed by atoms with Gasteiger partial charge in [-0.3, -0.25) is 4.79 Å². The van der Waals surface area contributed by atoms with Gasteiger partial charge in [-0.2, -0.15) is 0 Å². The average molecular weight is 367 g/mol. The van der Waals surface area contributed by atoms with E-state index in [0.717, 1.165) is 11.8 Å². The number of carbonyl (C=O) groups is 1. The van der Waals surface area contributed by atoms with Gasteiger partial charge in [-0.15, -0.1) is 11.8 Å². The number of halogens is 2. The predicted octanol–water partition coefficient (Wildman–Crippen LogP) is 4.41. The van der Waals surface area contributed by atoms with E-state index in [1.54, 1.807) is 25.1 Å². The van der Waals surface area contributed by atoms with Crippen LogP contribution in [0, 0.1) is 11.6 Å². The van der Waals surface area contributed by atoms with Gasteiger partial charge in [0.15, 0.2) is 0 Å². The Bertz CT molecular complexity index is 735. The van der Waals surface area contributed by atoms with Gasteiger partial charge in [-0.05, 0) is 31.2 Å². The summed E-state index contributed by atoms with van der Waals surface area (Å²) in [5.41, 5.74) is 0.473. The van der Waals surface area contributed by atoms with Crippen molar-refractivity contribution < 1.29 is 23.0 Å². The van der Waals surface area contributed by atoms with Gasteiger partial charge in [0, 0.05) is 16.9 Å². The largest absolute Gasteiger partial charge is 0.497 e. The van der Waals surface area contributed by atoms with Crippen LogP contribution >= 0.6 is 11.8 Å². The van der Waals surface area contributed by atoms with E-state index in [1.165, 1.54) is 32.4 Å². The normalized spacial score (nSPS) is 11.7. The Hall–Kier alpha value is -2.28. The quantitative estimate of drug-likeness (QED) is 0.787. The number of nitrogens with one attached hydrogen (secondary N) is 1. The van der Waals surface area contributed by atoms with E-state index in [9.17, 15) is 13.6 Å². The topological polar surface area (TPSA) is 47.6 Å². The van der Waals surface area contributed by atoms with Crippen LogP contribution in [0.3, 0.4) is 0 Å². The molecule has 0 radical (unpaired) electrons. The Kier molecular flexibility index (Phi) is 6.64. The van der Waals surface area contributed by atoms with E-state index < -0.39 is 16.9 Å². The first-order chi connectivity index (χ1) is 12.0. The minimum absolute atomic E-state index is 0.0256. The number of hydrogen-bond acceptors (Lipinski definition) is 4. The van der Waals surface area contributed by atoms with Crippen molar-refractivity contribution in [2.24, 2.45) is 0 Å². The minimum atomic E-state index is -0.614. The van der Waals surface area contributed by atoms with Crippen molar-refractivity contribution in [3.63, 3.8) is 0 Å². The second-order valence-electron chi connectivity index (χ2n) is 5.20. The molecule has 1 unspecified atom stereocenters. The van der Waals surface area contributed by atoms with Crippen LogP contribution in [0.25, 0.3) is 0 Å². The lowest BCUT2D eigenvalue weighted by atomic mass is 10.1.